The first-order valence-electron chi connectivity index (χ1n) is 7.18. The fourth-order valence-corrected chi connectivity index (χ4v) is 1.79. The molecule has 5 heteroatoms. The molecule has 19 heavy (non-hydrogen) atoms. The van der Waals surface area contributed by atoms with Gasteiger partial charge in [-0.05, 0) is 13.0 Å². The van der Waals surface area contributed by atoms with Gasteiger partial charge in [-0.25, -0.2) is 0 Å². The van der Waals surface area contributed by atoms with Gasteiger partial charge in [0.25, 0.3) is 5.91 Å². The smallest absolute Gasteiger partial charge is 0.303 e. The number of nitrogens with zero attached hydrogens (tertiary/aromatic N) is 2. The van der Waals surface area contributed by atoms with E-state index in [1.54, 1.807) is 4.90 Å². The van der Waals surface area contributed by atoms with Gasteiger partial charge in [-0.15, -0.1) is 0 Å². The molecule has 0 unspecified atom stereocenters. The van der Waals surface area contributed by atoms with E-state index in [-0.39, 0.29) is 12.5 Å². The molecule has 5 nitrogen and oxygen atoms in total. The number of amides is 1. The van der Waals surface area contributed by atoms with Crippen LogP contribution in [-0.4, -0.2) is 61.0 Å². The van der Waals surface area contributed by atoms with Crippen LogP contribution >= 0.6 is 0 Å². The summed E-state index contributed by atoms with van der Waals surface area (Å²) in [5, 5.41) is 0. The standard InChI is InChI=1S/C11H20N2O3.C3H8/c1-3-4-12-5-7-13(8-6-12)11(15)9-16-10(2)14;1-3-2/h3-9H2,1-2H3;3H2,1-2H3. The molecule has 0 aromatic heterocycles. The van der Waals surface area contributed by atoms with E-state index in [2.05, 4.69) is 30.4 Å². The zero-order valence-electron chi connectivity index (χ0n) is 12.8. The summed E-state index contributed by atoms with van der Waals surface area (Å²) in [6.07, 6.45) is 2.39. The molecule has 0 radical (unpaired) electrons. The molecule has 0 spiro atoms. The molecule has 0 bridgehead atoms. The van der Waals surface area contributed by atoms with Crippen LogP contribution in [0.2, 0.25) is 0 Å². The Morgan fingerprint density at radius 2 is 1.58 bits per heavy atom. The highest BCUT2D eigenvalue weighted by Crippen LogP contribution is 2.03. The minimum absolute atomic E-state index is 0.0913. The van der Waals surface area contributed by atoms with Gasteiger partial charge < -0.3 is 9.64 Å². The molecule has 1 fully saturated rings. The first-order chi connectivity index (χ1) is 9.04. The Labute approximate surface area is 116 Å². The Balaban J connectivity index is 0.000000982. The van der Waals surface area contributed by atoms with Crippen molar-refractivity contribution in [2.75, 3.05) is 39.3 Å². The number of carbonyl (C=O) groups is 2. The van der Waals surface area contributed by atoms with Crippen LogP contribution in [0.4, 0.5) is 0 Å². The zero-order chi connectivity index (χ0) is 14.7. The van der Waals surface area contributed by atoms with Crippen LogP contribution in [0.1, 0.15) is 40.5 Å². The van der Waals surface area contributed by atoms with E-state index in [1.807, 2.05) is 0 Å². The van der Waals surface area contributed by atoms with Gasteiger partial charge in [0, 0.05) is 33.1 Å². The molecule has 0 saturated carbocycles. The van der Waals surface area contributed by atoms with Gasteiger partial charge in [-0.1, -0.05) is 27.2 Å². The number of hydrogen-bond acceptors (Lipinski definition) is 4. The van der Waals surface area contributed by atoms with Crippen molar-refractivity contribution >= 4 is 11.9 Å². The van der Waals surface area contributed by atoms with Gasteiger partial charge in [-0.3, -0.25) is 14.5 Å². The molecule has 0 atom stereocenters. The molecule has 1 aliphatic heterocycles. The summed E-state index contributed by atoms with van der Waals surface area (Å²) in [7, 11) is 0. The van der Waals surface area contributed by atoms with E-state index in [9.17, 15) is 9.59 Å². The van der Waals surface area contributed by atoms with Gasteiger partial charge in [0.1, 0.15) is 0 Å². The van der Waals surface area contributed by atoms with E-state index >= 15 is 0 Å². The molecule has 0 aromatic rings. The van der Waals surface area contributed by atoms with E-state index in [0.29, 0.717) is 0 Å². The van der Waals surface area contributed by atoms with Crippen molar-refractivity contribution in [2.24, 2.45) is 0 Å². The van der Waals surface area contributed by atoms with Crippen LogP contribution in [0.5, 0.6) is 0 Å². The molecular formula is C14H28N2O3. The second-order valence-corrected chi connectivity index (χ2v) is 4.71. The monoisotopic (exact) mass is 272 g/mol. The summed E-state index contributed by atoms with van der Waals surface area (Å²) in [6, 6.07) is 0. The largest absolute Gasteiger partial charge is 0.456 e. The topological polar surface area (TPSA) is 49.9 Å². The number of rotatable bonds is 4. The third-order valence-corrected chi connectivity index (χ3v) is 2.66. The lowest BCUT2D eigenvalue weighted by molar-refractivity contribution is -0.151. The lowest BCUT2D eigenvalue weighted by Gasteiger charge is -2.34. The first kappa shape index (κ1) is 17.9. The van der Waals surface area contributed by atoms with Crippen molar-refractivity contribution < 1.29 is 14.3 Å². The van der Waals surface area contributed by atoms with E-state index in [4.69, 9.17) is 0 Å². The molecule has 1 saturated heterocycles. The van der Waals surface area contributed by atoms with Gasteiger partial charge in [0.15, 0.2) is 6.61 Å². The van der Waals surface area contributed by atoms with Crippen LogP contribution in [-0.2, 0) is 14.3 Å². The summed E-state index contributed by atoms with van der Waals surface area (Å²) >= 11 is 0. The minimum Gasteiger partial charge on any atom is -0.456 e. The van der Waals surface area contributed by atoms with Crippen molar-refractivity contribution in [3.8, 4) is 0 Å². The average Bonchev–Trinajstić information content (AvgIpc) is 2.38. The average molecular weight is 272 g/mol. The summed E-state index contributed by atoms with van der Waals surface area (Å²) in [4.78, 5) is 26.3. The summed E-state index contributed by atoms with van der Waals surface area (Å²) in [6.45, 7) is 12.0. The lowest BCUT2D eigenvalue weighted by Crippen LogP contribution is -2.49. The summed E-state index contributed by atoms with van der Waals surface area (Å²) < 4.78 is 4.69. The zero-order valence-corrected chi connectivity index (χ0v) is 12.8. The SMILES string of the molecule is CCC.CCCN1CCN(C(=O)COC(C)=O)CC1. The van der Waals surface area contributed by atoms with Crippen LogP contribution in [0.25, 0.3) is 0 Å². The Morgan fingerprint density at radius 1 is 1.05 bits per heavy atom. The number of esters is 1. The van der Waals surface area contributed by atoms with E-state index < -0.39 is 5.97 Å². The Morgan fingerprint density at radius 3 is 2.00 bits per heavy atom. The van der Waals surface area contributed by atoms with Crippen molar-refractivity contribution in [1.29, 1.82) is 0 Å². The van der Waals surface area contributed by atoms with Crippen LogP contribution in [0.15, 0.2) is 0 Å². The Kier molecular flexibility index (Phi) is 10.2. The molecule has 1 aliphatic rings. The Hall–Kier alpha value is -1.10. The van der Waals surface area contributed by atoms with Gasteiger partial charge in [0.2, 0.25) is 0 Å². The maximum atomic E-state index is 11.6. The highest BCUT2D eigenvalue weighted by molar-refractivity contribution is 5.80. The van der Waals surface area contributed by atoms with Crippen LogP contribution < -0.4 is 0 Å². The third kappa shape index (κ3) is 8.59. The van der Waals surface area contributed by atoms with E-state index in [1.165, 1.54) is 13.3 Å². The Bertz CT molecular complexity index is 261. The van der Waals surface area contributed by atoms with Crippen molar-refractivity contribution in [3.63, 3.8) is 0 Å². The quantitative estimate of drug-likeness (QED) is 0.728. The van der Waals surface area contributed by atoms with Crippen molar-refractivity contribution in [1.82, 2.24) is 9.80 Å². The van der Waals surface area contributed by atoms with Gasteiger partial charge in [0.05, 0.1) is 0 Å². The molecular weight excluding hydrogens is 244 g/mol. The van der Waals surface area contributed by atoms with Crippen molar-refractivity contribution in [2.45, 2.75) is 40.5 Å². The first-order valence-corrected chi connectivity index (χ1v) is 7.18. The second-order valence-electron chi connectivity index (χ2n) is 4.71. The minimum atomic E-state index is -0.405. The normalized spacial score (nSPS) is 15.5. The number of ether oxygens (including phenoxy) is 1. The number of piperazine rings is 1. The summed E-state index contributed by atoms with van der Waals surface area (Å²) in [5.41, 5.74) is 0. The van der Waals surface area contributed by atoms with Crippen LogP contribution in [0.3, 0.4) is 0 Å². The van der Waals surface area contributed by atoms with Crippen molar-refractivity contribution in [3.05, 3.63) is 0 Å². The van der Waals surface area contributed by atoms with Gasteiger partial charge >= 0.3 is 5.97 Å². The van der Waals surface area contributed by atoms with E-state index in [0.717, 1.165) is 39.1 Å². The number of hydrogen-bond donors (Lipinski definition) is 0. The fraction of sp³-hybridized carbons (Fsp3) is 0.857. The number of carbonyl (C=O) groups excluding carboxylic acids is 2. The maximum absolute atomic E-state index is 11.6. The molecule has 1 amide bonds. The molecule has 1 heterocycles. The molecule has 0 aromatic carbocycles. The molecule has 0 N–H and O–H groups in total. The predicted octanol–water partition coefficient (Wildman–Crippen LogP) is 1.52. The molecule has 1 rings (SSSR count). The highest BCUT2D eigenvalue weighted by atomic mass is 16.5. The highest BCUT2D eigenvalue weighted by Gasteiger charge is 2.20. The predicted molar refractivity (Wildman–Crippen MR) is 75.9 cm³/mol. The lowest BCUT2D eigenvalue weighted by atomic mass is 10.3. The maximum Gasteiger partial charge on any atom is 0.303 e. The van der Waals surface area contributed by atoms with Gasteiger partial charge in [-0.2, -0.15) is 0 Å². The van der Waals surface area contributed by atoms with Crippen LogP contribution in [0, 0.1) is 0 Å². The summed E-state index contributed by atoms with van der Waals surface area (Å²) in [5.74, 6) is -0.496. The molecule has 0 aliphatic carbocycles. The third-order valence-electron chi connectivity index (χ3n) is 2.66. The second kappa shape index (κ2) is 10.8. The molecule has 112 valence electrons. The fourth-order valence-electron chi connectivity index (χ4n) is 1.79.